The number of hydrogen-bond donors (Lipinski definition) is 0. The summed E-state index contributed by atoms with van der Waals surface area (Å²) in [4.78, 5) is 0. The van der Waals surface area contributed by atoms with Gasteiger partial charge in [0.15, 0.2) is 5.79 Å². The Morgan fingerprint density at radius 1 is 1.07 bits per heavy atom. The molecule has 0 radical (unpaired) electrons. The molecule has 2 rings (SSSR count). The number of benzene rings is 1. The van der Waals surface area contributed by atoms with E-state index in [1.165, 1.54) is 0 Å². The van der Waals surface area contributed by atoms with Gasteiger partial charge in [0.25, 0.3) is 0 Å². The minimum Gasteiger partial charge on any atom is -0.346 e. The number of hydrogen-bond acceptors (Lipinski definition) is 2. The van der Waals surface area contributed by atoms with E-state index in [4.69, 9.17) is 9.47 Å². The van der Waals surface area contributed by atoms with Crippen LogP contribution in [-0.4, -0.2) is 13.2 Å². The molecule has 1 aliphatic rings. The molecule has 82 valence electrons. The van der Waals surface area contributed by atoms with Crippen LogP contribution >= 0.6 is 0 Å². The van der Waals surface area contributed by atoms with E-state index in [0.29, 0.717) is 5.92 Å². The van der Waals surface area contributed by atoms with Crippen molar-refractivity contribution < 1.29 is 9.47 Å². The van der Waals surface area contributed by atoms with Crippen LogP contribution in [0.5, 0.6) is 0 Å². The number of ether oxygens (including phenoxy) is 2. The van der Waals surface area contributed by atoms with Gasteiger partial charge in [0.2, 0.25) is 0 Å². The molecule has 1 heterocycles. The van der Waals surface area contributed by atoms with E-state index in [1.807, 2.05) is 18.2 Å². The maximum Gasteiger partial charge on any atom is 0.197 e. The predicted octanol–water partition coefficient (Wildman–Crippen LogP) is 2.93. The van der Waals surface area contributed by atoms with Crippen LogP contribution in [-0.2, 0) is 15.3 Å². The Morgan fingerprint density at radius 2 is 1.67 bits per heavy atom. The Bertz CT molecular complexity index is 300. The van der Waals surface area contributed by atoms with Crippen LogP contribution in [0.15, 0.2) is 30.3 Å². The summed E-state index contributed by atoms with van der Waals surface area (Å²) in [5.74, 6) is -0.209. The topological polar surface area (TPSA) is 18.5 Å². The largest absolute Gasteiger partial charge is 0.346 e. The first-order valence-electron chi connectivity index (χ1n) is 5.59. The molecular weight excluding hydrogens is 188 g/mol. The maximum atomic E-state index is 5.89. The lowest BCUT2D eigenvalue weighted by molar-refractivity contribution is -0.299. The standard InChI is InChI=1S/C13H18O2/c1-11(2)13(14-9-6-10-15-13)12-7-4-3-5-8-12/h3-5,7-8,11H,6,9-10H2,1-2H3. The van der Waals surface area contributed by atoms with Crippen LogP contribution in [0.1, 0.15) is 25.8 Å². The molecule has 2 nitrogen and oxygen atoms in total. The Hall–Kier alpha value is -0.860. The second-order valence-corrected chi connectivity index (χ2v) is 4.24. The van der Waals surface area contributed by atoms with Crippen LogP contribution in [0.2, 0.25) is 0 Å². The van der Waals surface area contributed by atoms with Crippen LogP contribution in [0.3, 0.4) is 0 Å². The third kappa shape index (κ3) is 1.92. The summed E-state index contributed by atoms with van der Waals surface area (Å²) in [7, 11) is 0. The first-order chi connectivity index (χ1) is 7.26. The highest BCUT2D eigenvalue weighted by Gasteiger charge is 2.39. The lowest BCUT2D eigenvalue weighted by atomic mass is 9.93. The minimum atomic E-state index is -0.528. The molecule has 0 saturated carbocycles. The van der Waals surface area contributed by atoms with Gasteiger partial charge in [-0.25, -0.2) is 0 Å². The molecule has 1 aromatic carbocycles. The third-order valence-corrected chi connectivity index (χ3v) is 2.86. The second kappa shape index (κ2) is 4.33. The highest BCUT2D eigenvalue weighted by atomic mass is 16.7. The van der Waals surface area contributed by atoms with Crippen LogP contribution in [0.25, 0.3) is 0 Å². The van der Waals surface area contributed by atoms with E-state index >= 15 is 0 Å². The summed E-state index contributed by atoms with van der Waals surface area (Å²) >= 11 is 0. The van der Waals surface area contributed by atoms with Gasteiger partial charge in [0, 0.05) is 11.5 Å². The first kappa shape index (κ1) is 10.7. The molecule has 0 amide bonds. The SMILES string of the molecule is CC(C)C1(c2ccccc2)OCCCO1. The molecule has 0 bridgehead atoms. The summed E-state index contributed by atoms with van der Waals surface area (Å²) in [6.07, 6.45) is 0.987. The lowest BCUT2D eigenvalue weighted by Crippen LogP contribution is -2.42. The van der Waals surface area contributed by atoms with Crippen molar-refractivity contribution >= 4 is 0 Å². The van der Waals surface area contributed by atoms with Crippen LogP contribution < -0.4 is 0 Å². The van der Waals surface area contributed by atoms with Gasteiger partial charge >= 0.3 is 0 Å². The minimum absolute atomic E-state index is 0.320. The summed E-state index contributed by atoms with van der Waals surface area (Å²) in [5, 5.41) is 0. The van der Waals surface area contributed by atoms with E-state index in [2.05, 4.69) is 26.0 Å². The van der Waals surface area contributed by atoms with Gasteiger partial charge in [-0.15, -0.1) is 0 Å². The molecule has 0 unspecified atom stereocenters. The molecular formula is C13H18O2. The summed E-state index contributed by atoms with van der Waals surface area (Å²) < 4.78 is 11.8. The van der Waals surface area contributed by atoms with Crippen LogP contribution in [0.4, 0.5) is 0 Å². The smallest absolute Gasteiger partial charge is 0.197 e. The summed E-state index contributed by atoms with van der Waals surface area (Å²) in [6, 6.07) is 10.2. The van der Waals surface area contributed by atoms with E-state index < -0.39 is 5.79 Å². The van der Waals surface area contributed by atoms with E-state index in [0.717, 1.165) is 25.2 Å². The molecule has 0 aromatic heterocycles. The summed E-state index contributed by atoms with van der Waals surface area (Å²) in [5.41, 5.74) is 1.12. The van der Waals surface area contributed by atoms with E-state index in [1.54, 1.807) is 0 Å². The zero-order valence-electron chi connectivity index (χ0n) is 9.40. The fourth-order valence-corrected chi connectivity index (χ4v) is 2.05. The molecule has 1 fully saturated rings. The fourth-order valence-electron chi connectivity index (χ4n) is 2.05. The first-order valence-corrected chi connectivity index (χ1v) is 5.59. The molecule has 0 N–H and O–H groups in total. The number of rotatable bonds is 2. The van der Waals surface area contributed by atoms with E-state index in [-0.39, 0.29) is 0 Å². The molecule has 15 heavy (non-hydrogen) atoms. The van der Waals surface area contributed by atoms with Gasteiger partial charge in [-0.3, -0.25) is 0 Å². The Balaban J connectivity index is 2.34. The Morgan fingerprint density at radius 3 is 2.20 bits per heavy atom. The van der Waals surface area contributed by atoms with Crippen molar-refractivity contribution in [2.45, 2.75) is 26.1 Å². The van der Waals surface area contributed by atoms with Crippen molar-refractivity contribution in [3.8, 4) is 0 Å². The quantitative estimate of drug-likeness (QED) is 0.740. The third-order valence-electron chi connectivity index (χ3n) is 2.86. The van der Waals surface area contributed by atoms with Gasteiger partial charge in [-0.1, -0.05) is 44.2 Å². The predicted molar refractivity (Wildman–Crippen MR) is 59.5 cm³/mol. The van der Waals surface area contributed by atoms with E-state index in [9.17, 15) is 0 Å². The average molecular weight is 206 g/mol. The molecule has 0 spiro atoms. The molecule has 1 saturated heterocycles. The molecule has 1 aromatic rings. The van der Waals surface area contributed by atoms with Crippen molar-refractivity contribution in [1.82, 2.24) is 0 Å². The van der Waals surface area contributed by atoms with Gasteiger partial charge in [0.05, 0.1) is 13.2 Å². The normalized spacial score (nSPS) is 20.5. The van der Waals surface area contributed by atoms with Crippen molar-refractivity contribution in [2.75, 3.05) is 13.2 Å². The zero-order valence-corrected chi connectivity index (χ0v) is 9.40. The highest BCUT2D eigenvalue weighted by Crippen LogP contribution is 2.37. The lowest BCUT2D eigenvalue weighted by Gasteiger charge is -2.40. The van der Waals surface area contributed by atoms with Gasteiger partial charge in [0.1, 0.15) is 0 Å². The molecule has 0 atom stereocenters. The zero-order chi connectivity index (χ0) is 10.7. The molecule has 1 aliphatic heterocycles. The fraction of sp³-hybridized carbons (Fsp3) is 0.538. The van der Waals surface area contributed by atoms with Crippen molar-refractivity contribution in [3.63, 3.8) is 0 Å². The Labute approximate surface area is 91.2 Å². The van der Waals surface area contributed by atoms with Crippen molar-refractivity contribution in [3.05, 3.63) is 35.9 Å². The van der Waals surface area contributed by atoms with Crippen molar-refractivity contribution in [1.29, 1.82) is 0 Å². The van der Waals surface area contributed by atoms with Gasteiger partial charge < -0.3 is 9.47 Å². The van der Waals surface area contributed by atoms with Crippen molar-refractivity contribution in [2.24, 2.45) is 5.92 Å². The Kier molecular flexibility index (Phi) is 3.08. The van der Waals surface area contributed by atoms with Crippen LogP contribution in [0, 0.1) is 5.92 Å². The monoisotopic (exact) mass is 206 g/mol. The summed E-state index contributed by atoms with van der Waals surface area (Å²) in [6.45, 7) is 5.84. The van der Waals surface area contributed by atoms with Gasteiger partial charge in [-0.05, 0) is 6.42 Å². The second-order valence-electron chi connectivity index (χ2n) is 4.24. The molecule has 0 aliphatic carbocycles. The van der Waals surface area contributed by atoms with Gasteiger partial charge in [-0.2, -0.15) is 0 Å². The maximum absolute atomic E-state index is 5.89. The average Bonchev–Trinajstić information content (AvgIpc) is 2.31. The highest BCUT2D eigenvalue weighted by molar-refractivity contribution is 5.21. The molecule has 2 heteroatoms.